The van der Waals surface area contributed by atoms with Gasteiger partial charge in [-0.1, -0.05) is 30.3 Å². The van der Waals surface area contributed by atoms with Crippen molar-refractivity contribution in [3.63, 3.8) is 0 Å². The van der Waals surface area contributed by atoms with Crippen LogP contribution in [-0.4, -0.2) is 12.1 Å². The highest BCUT2D eigenvalue weighted by Gasteiger charge is 2.10. The molecule has 0 aliphatic heterocycles. The summed E-state index contributed by atoms with van der Waals surface area (Å²) in [6.07, 6.45) is 1.85. The Morgan fingerprint density at radius 1 is 1.26 bits per heavy atom. The molecule has 1 amide bonds. The molecule has 1 heterocycles. The van der Waals surface area contributed by atoms with Crippen LogP contribution in [0.5, 0.6) is 0 Å². The molecule has 1 unspecified atom stereocenters. The molecular formula is C15H17NO3. The second kappa shape index (κ2) is 6.64. The van der Waals surface area contributed by atoms with Gasteiger partial charge >= 0.3 is 6.09 Å². The van der Waals surface area contributed by atoms with E-state index in [1.807, 2.05) is 49.4 Å². The molecule has 0 fully saturated rings. The molecule has 0 saturated heterocycles. The van der Waals surface area contributed by atoms with Crippen molar-refractivity contribution >= 4 is 6.09 Å². The van der Waals surface area contributed by atoms with E-state index >= 15 is 0 Å². The van der Waals surface area contributed by atoms with Crippen LogP contribution in [0.1, 0.15) is 18.2 Å². The van der Waals surface area contributed by atoms with E-state index in [9.17, 15) is 4.79 Å². The predicted octanol–water partition coefficient (Wildman–Crippen LogP) is 3.14. The number of carbonyl (C=O) groups is 1. The van der Waals surface area contributed by atoms with Gasteiger partial charge in [0.15, 0.2) is 0 Å². The summed E-state index contributed by atoms with van der Waals surface area (Å²) < 4.78 is 10.4. The Morgan fingerprint density at radius 3 is 2.74 bits per heavy atom. The fourth-order valence-corrected chi connectivity index (χ4v) is 1.75. The molecular weight excluding hydrogens is 242 g/mol. The zero-order valence-corrected chi connectivity index (χ0v) is 10.8. The SMILES string of the molecule is CC(Cc1ccco1)NC(=O)OCc1ccccc1. The van der Waals surface area contributed by atoms with Gasteiger partial charge < -0.3 is 14.5 Å². The zero-order chi connectivity index (χ0) is 13.5. The molecule has 0 bridgehead atoms. The van der Waals surface area contributed by atoms with E-state index in [2.05, 4.69) is 5.32 Å². The van der Waals surface area contributed by atoms with E-state index in [0.29, 0.717) is 6.42 Å². The van der Waals surface area contributed by atoms with Crippen LogP contribution in [0.2, 0.25) is 0 Å². The third-order valence-corrected chi connectivity index (χ3v) is 2.66. The van der Waals surface area contributed by atoms with Crippen molar-refractivity contribution in [3.8, 4) is 0 Å². The van der Waals surface area contributed by atoms with E-state index < -0.39 is 6.09 Å². The van der Waals surface area contributed by atoms with E-state index in [0.717, 1.165) is 11.3 Å². The molecule has 1 atom stereocenters. The Morgan fingerprint density at radius 2 is 2.05 bits per heavy atom. The first-order valence-corrected chi connectivity index (χ1v) is 6.23. The van der Waals surface area contributed by atoms with E-state index in [-0.39, 0.29) is 12.6 Å². The van der Waals surface area contributed by atoms with Crippen molar-refractivity contribution in [3.05, 3.63) is 60.1 Å². The summed E-state index contributed by atoms with van der Waals surface area (Å²) in [5.74, 6) is 0.843. The summed E-state index contributed by atoms with van der Waals surface area (Å²) in [5, 5.41) is 2.77. The fraction of sp³-hybridized carbons (Fsp3) is 0.267. The maximum atomic E-state index is 11.6. The van der Waals surface area contributed by atoms with Gasteiger partial charge in [0, 0.05) is 12.5 Å². The zero-order valence-electron chi connectivity index (χ0n) is 10.8. The Balaban J connectivity index is 1.72. The number of hydrogen-bond acceptors (Lipinski definition) is 3. The Kier molecular flexibility index (Phi) is 4.61. The van der Waals surface area contributed by atoms with Crippen LogP contribution in [0.15, 0.2) is 53.1 Å². The quantitative estimate of drug-likeness (QED) is 0.897. The maximum absolute atomic E-state index is 11.6. The van der Waals surface area contributed by atoms with Crippen LogP contribution in [0.4, 0.5) is 4.79 Å². The fourth-order valence-electron chi connectivity index (χ4n) is 1.75. The summed E-state index contributed by atoms with van der Waals surface area (Å²) in [6, 6.07) is 13.3. The van der Waals surface area contributed by atoms with E-state index in [4.69, 9.17) is 9.15 Å². The van der Waals surface area contributed by atoms with E-state index in [1.54, 1.807) is 6.26 Å². The van der Waals surface area contributed by atoms with E-state index in [1.165, 1.54) is 0 Å². The van der Waals surface area contributed by atoms with Crippen LogP contribution in [0.25, 0.3) is 0 Å². The highest BCUT2D eigenvalue weighted by molar-refractivity contribution is 5.67. The lowest BCUT2D eigenvalue weighted by Gasteiger charge is -2.12. The highest BCUT2D eigenvalue weighted by atomic mass is 16.5. The number of rotatable bonds is 5. The van der Waals surface area contributed by atoms with Crippen LogP contribution in [0, 0.1) is 0 Å². The lowest BCUT2D eigenvalue weighted by Crippen LogP contribution is -2.34. The lowest BCUT2D eigenvalue weighted by molar-refractivity contribution is 0.136. The Hall–Kier alpha value is -2.23. The average Bonchev–Trinajstić information content (AvgIpc) is 2.90. The number of furan rings is 1. The summed E-state index contributed by atoms with van der Waals surface area (Å²) in [6.45, 7) is 2.19. The van der Waals surface area contributed by atoms with Crippen molar-refractivity contribution in [2.45, 2.75) is 26.0 Å². The highest BCUT2D eigenvalue weighted by Crippen LogP contribution is 2.05. The monoisotopic (exact) mass is 259 g/mol. The minimum absolute atomic E-state index is 0.0329. The lowest BCUT2D eigenvalue weighted by atomic mass is 10.2. The second-order valence-electron chi connectivity index (χ2n) is 4.39. The molecule has 100 valence electrons. The van der Waals surface area contributed by atoms with Crippen LogP contribution in [-0.2, 0) is 17.8 Å². The topological polar surface area (TPSA) is 51.5 Å². The van der Waals surface area contributed by atoms with Gasteiger partial charge in [-0.3, -0.25) is 0 Å². The first kappa shape index (κ1) is 13.2. The van der Waals surface area contributed by atoms with Crippen LogP contribution < -0.4 is 5.32 Å². The third kappa shape index (κ3) is 4.50. The van der Waals surface area contributed by atoms with Gasteiger partial charge in [0.25, 0.3) is 0 Å². The minimum atomic E-state index is -0.414. The van der Waals surface area contributed by atoms with Crippen molar-refractivity contribution in [2.24, 2.45) is 0 Å². The van der Waals surface area contributed by atoms with Gasteiger partial charge in [-0.15, -0.1) is 0 Å². The molecule has 0 aliphatic carbocycles. The molecule has 2 rings (SSSR count). The number of hydrogen-bond donors (Lipinski definition) is 1. The second-order valence-corrected chi connectivity index (χ2v) is 4.39. The third-order valence-electron chi connectivity index (χ3n) is 2.66. The van der Waals surface area contributed by atoms with Gasteiger partial charge in [-0.05, 0) is 24.6 Å². The first-order chi connectivity index (χ1) is 9.24. The molecule has 0 spiro atoms. The normalized spacial score (nSPS) is 11.8. The number of amides is 1. The number of carbonyl (C=O) groups excluding carboxylic acids is 1. The standard InChI is InChI=1S/C15H17NO3/c1-12(10-14-8-5-9-18-14)16-15(17)19-11-13-6-3-2-4-7-13/h2-9,12H,10-11H2,1H3,(H,16,17). The van der Waals surface area contributed by atoms with Crippen LogP contribution in [0.3, 0.4) is 0 Å². The van der Waals surface area contributed by atoms with Gasteiger partial charge in [0.05, 0.1) is 6.26 Å². The van der Waals surface area contributed by atoms with Crippen molar-refractivity contribution < 1.29 is 13.9 Å². The van der Waals surface area contributed by atoms with Gasteiger partial charge in [0.1, 0.15) is 12.4 Å². The molecule has 4 heteroatoms. The van der Waals surface area contributed by atoms with Gasteiger partial charge in [-0.25, -0.2) is 4.79 Å². The Bertz CT molecular complexity index is 493. The number of benzene rings is 1. The van der Waals surface area contributed by atoms with Crippen molar-refractivity contribution in [1.82, 2.24) is 5.32 Å². The molecule has 2 aromatic rings. The van der Waals surface area contributed by atoms with Crippen LogP contribution >= 0.6 is 0 Å². The summed E-state index contributed by atoms with van der Waals surface area (Å²) in [4.78, 5) is 11.6. The predicted molar refractivity (Wildman–Crippen MR) is 71.6 cm³/mol. The molecule has 1 aromatic carbocycles. The van der Waals surface area contributed by atoms with Gasteiger partial charge in [-0.2, -0.15) is 0 Å². The van der Waals surface area contributed by atoms with Crippen molar-refractivity contribution in [1.29, 1.82) is 0 Å². The molecule has 19 heavy (non-hydrogen) atoms. The molecule has 0 saturated carbocycles. The number of alkyl carbamates (subject to hydrolysis) is 1. The smallest absolute Gasteiger partial charge is 0.407 e. The van der Waals surface area contributed by atoms with Crippen molar-refractivity contribution in [2.75, 3.05) is 0 Å². The molecule has 1 N–H and O–H groups in total. The summed E-state index contributed by atoms with van der Waals surface area (Å²) >= 11 is 0. The molecule has 0 radical (unpaired) electrons. The first-order valence-electron chi connectivity index (χ1n) is 6.23. The molecule has 4 nitrogen and oxygen atoms in total. The summed E-state index contributed by atoms with van der Waals surface area (Å²) in [5.41, 5.74) is 0.969. The number of nitrogens with one attached hydrogen (secondary N) is 1. The number of ether oxygens (including phenoxy) is 1. The molecule has 1 aromatic heterocycles. The minimum Gasteiger partial charge on any atom is -0.469 e. The van der Waals surface area contributed by atoms with Gasteiger partial charge in [0.2, 0.25) is 0 Å². The Labute approximate surface area is 112 Å². The maximum Gasteiger partial charge on any atom is 0.407 e. The average molecular weight is 259 g/mol. The largest absolute Gasteiger partial charge is 0.469 e. The summed E-state index contributed by atoms with van der Waals surface area (Å²) in [7, 11) is 0. The molecule has 0 aliphatic rings.